The Bertz CT molecular complexity index is 578. The molecule has 0 radical (unpaired) electrons. The second-order valence-corrected chi connectivity index (χ2v) is 4.28. The Kier molecular flexibility index (Phi) is 3.66. The zero-order valence-corrected chi connectivity index (χ0v) is 11.1. The summed E-state index contributed by atoms with van der Waals surface area (Å²) in [5.41, 5.74) is 6.06. The Morgan fingerprint density at radius 1 is 1.28 bits per heavy atom. The van der Waals surface area contributed by atoms with Crippen molar-refractivity contribution in [1.82, 2.24) is 4.98 Å². The topological polar surface area (TPSA) is 57.4 Å². The van der Waals surface area contributed by atoms with Gasteiger partial charge in [0.05, 0.1) is 17.3 Å². The van der Waals surface area contributed by atoms with E-state index in [1.165, 1.54) is 13.2 Å². The molecular weight excluding hydrogens is 303 g/mol. The van der Waals surface area contributed by atoms with Gasteiger partial charge in [-0.2, -0.15) is 4.98 Å². The minimum atomic E-state index is -0.422. The maximum Gasteiger partial charge on any atom is 0.246 e. The molecule has 1 aromatic heterocycles. The highest BCUT2D eigenvalue weighted by atomic mass is 79.9. The van der Waals surface area contributed by atoms with Crippen LogP contribution in [0.1, 0.15) is 0 Å². The Balaban J connectivity index is 2.30. The zero-order chi connectivity index (χ0) is 13.1. The van der Waals surface area contributed by atoms with E-state index >= 15 is 0 Å². The van der Waals surface area contributed by atoms with E-state index in [0.29, 0.717) is 21.8 Å². The summed E-state index contributed by atoms with van der Waals surface area (Å²) in [4.78, 5) is 4.03. The first-order valence-electron chi connectivity index (χ1n) is 5.03. The van der Waals surface area contributed by atoms with E-state index in [-0.39, 0.29) is 5.88 Å². The smallest absolute Gasteiger partial charge is 0.246 e. The van der Waals surface area contributed by atoms with Gasteiger partial charge in [-0.1, -0.05) is 0 Å². The van der Waals surface area contributed by atoms with Crippen LogP contribution in [0.3, 0.4) is 0 Å². The molecule has 2 N–H and O–H groups in total. The highest BCUT2D eigenvalue weighted by Gasteiger charge is 2.08. The number of rotatable bonds is 3. The monoisotopic (exact) mass is 312 g/mol. The number of anilines is 1. The Labute approximate surface area is 112 Å². The van der Waals surface area contributed by atoms with Gasteiger partial charge in [-0.25, -0.2) is 4.39 Å². The fourth-order valence-electron chi connectivity index (χ4n) is 1.28. The lowest BCUT2D eigenvalue weighted by atomic mass is 10.3. The van der Waals surface area contributed by atoms with Crippen molar-refractivity contribution in [2.24, 2.45) is 0 Å². The number of hydrogen-bond acceptors (Lipinski definition) is 4. The summed E-state index contributed by atoms with van der Waals surface area (Å²) < 4.78 is 24.1. The Morgan fingerprint density at radius 3 is 2.72 bits per heavy atom. The predicted molar refractivity (Wildman–Crippen MR) is 69.4 cm³/mol. The minimum absolute atomic E-state index is 0.177. The van der Waals surface area contributed by atoms with Crippen molar-refractivity contribution >= 4 is 21.6 Å². The number of ether oxygens (including phenoxy) is 2. The lowest BCUT2D eigenvalue weighted by Gasteiger charge is -2.09. The Hall–Kier alpha value is -1.82. The number of nitrogen functional groups attached to an aromatic ring is 1. The van der Waals surface area contributed by atoms with Crippen LogP contribution in [0.2, 0.25) is 0 Å². The van der Waals surface area contributed by atoms with Crippen LogP contribution < -0.4 is 15.2 Å². The summed E-state index contributed by atoms with van der Waals surface area (Å²) in [5.74, 6) is 0.435. The molecule has 0 amide bonds. The molecule has 0 saturated carbocycles. The van der Waals surface area contributed by atoms with Crippen molar-refractivity contribution in [2.45, 2.75) is 0 Å². The number of aromatic nitrogens is 1. The molecule has 0 spiro atoms. The molecule has 18 heavy (non-hydrogen) atoms. The van der Waals surface area contributed by atoms with Crippen LogP contribution in [0.5, 0.6) is 17.5 Å². The molecule has 0 unspecified atom stereocenters. The molecule has 0 aliphatic rings. The van der Waals surface area contributed by atoms with Gasteiger partial charge in [-0.15, -0.1) is 0 Å². The normalized spacial score (nSPS) is 10.2. The van der Waals surface area contributed by atoms with Crippen molar-refractivity contribution in [3.63, 3.8) is 0 Å². The van der Waals surface area contributed by atoms with Gasteiger partial charge >= 0.3 is 0 Å². The lowest BCUT2D eigenvalue weighted by molar-refractivity contribution is 0.383. The van der Waals surface area contributed by atoms with Crippen molar-refractivity contribution in [2.75, 3.05) is 12.8 Å². The van der Waals surface area contributed by atoms with Gasteiger partial charge in [0.15, 0.2) is 0 Å². The summed E-state index contributed by atoms with van der Waals surface area (Å²) in [5, 5.41) is 0. The zero-order valence-electron chi connectivity index (χ0n) is 9.48. The fraction of sp³-hybridized carbons (Fsp3) is 0.0833. The van der Waals surface area contributed by atoms with E-state index < -0.39 is 5.82 Å². The third-order valence-electron chi connectivity index (χ3n) is 2.18. The number of methoxy groups -OCH3 is 1. The molecule has 1 aromatic carbocycles. The molecule has 0 fully saturated rings. The standard InChI is InChI=1S/C12H10BrFN2O2/c1-17-11-5-4-10(15)12(16-11)18-7-2-3-8(13)9(14)6-7/h2-6H,15H2,1H3. The van der Waals surface area contributed by atoms with Crippen molar-refractivity contribution in [1.29, 1.82) is 0 Å². The lowest BCUT2D eigenvalue weighted by Crippen LogP contribution is -1.97. The van der Waals surface area contributed by atoms with Crippen LogP contribution in [0.4, 0.5) is 10.1 Å². The number of nitrogens with zero attached hydrogens (tertiary/aromatic N) is 1. The molecular formula is C12H10BrFN2O2. The van der Waals surface area contributed by atoms with E-state index in [4.69, 9.17) is 15.2 Å². The average molecular weight is 313 g/mol. The molecule has 2 rings (SSSR count). The molecule has 1 heterocycles. The van der Waals surface area contributed by atoms with Crippen LogP contribution in [0, 0.1) is 5.82 Å². The predicted octanol–water partition coefficient (Wildman–Crippen LogP) is 3.37. The molecule has 0 saturated heterocycles. The van der Waals surface area contributed by atoms with Crippen molar-refractivity contribution in [3.05, 3.63) is 40.6 Å². The molecule has 6 heteroatoms. The van der Waals surface area contributed by atoms with Gasteiger partial charge in [0, 0.05) is 12.1 Å². The molecule has 0 aliphatic carbocycles. The second kappa shape index (κ2) is 5.22. The van der Waals surface area contributed by atoms with Gasteiger partial charge in [-0.3, -0.25) is 0 Å². The summed E-state index contributed by atoms with van der Waals surface area (Å²) in [6.45, 7) is 0. The first-order valence-corrected chi connectivity index (χ1v) is 5.83. The second-order valence-electron chi connectivity index (χ2n) is 3.43. The van der Waals surface area contributed by atoms with Crippen LogP contribution in [0.25, 0.3) is 0 Å². The summed E-state index contributed by atoms with van der Waals surface area (Å²) in [7, 11) is 1.49. The Morgan fingerprint density at radius 2 is 2.06 bits per heavy atom. The first kappa shape index (κ1) is 12.6. The van der Waals surface area contributed by atoms with Crippen LogP contribution in [-0.2, 0) is 0 Å². The summed E-state index contributed by atoms with van der Waals surface area (Å²) >= 11 is 3.06. The quantitative estimate of drug-likeness (QED) is 0.944. The van der Waals surface area contributed by atoms with E-state index in [1.807, 2.05) is 0 Å². The van der Waals surface area contributed by atoms with Crippen molar-refractivity contribution < 1.29 is 13.9 Å². The van der Waals surface area contributed by atoms with E-state index in [0.717, 1.165) is 0 Å². The highest BCUT2D eigenvalue weighted by molar-refractivity contribution is 9.10. The maximum absolute atomic E-state index is 13.3. The molecule has 0 bridgehead atoms. The molecule has 4 nitrogen and oxygen atoms in total. The van der Waals surface area contributed by atoms with Gasteiger partial charge in [0.1, 0.15) is 11.6 Å². The maximum atomic E-state index is 13.3. The van der Waals surface area contributed by atoms with Gasteiger partial charge in [0.25, 0.3) is 0 Å². The molecule has 94 valence electrons. The van der Waals surface area contributed by atoms with Crippen molar-refractivity contribution in [3.8, 4) is 17.5 Å². The minimum Gasteiger partial charge on any atom is -0.481 e. The average Bonchev–Trinajstić information content (AvgIpc) is 2.36. The number of benzene rings is 1. The SMILES string of the molecule is COc1ccc(N)c(Oc2ccc(Br)c(F)c2)n1. The number of nitrogens with two attached hydrogens (primary N) is 1. The van der Waals surface area contributed by atoms with Gasteiger partial charge in [0.2, 0.25) is 11.8 Å². The summed E-state index contributed by atoms with van der Waals surface area (Å²) in [6.07, 6.45) is 0. The summed E-state index contributed by atoms with van der Waals surface area (Å²) in [6, 6.07) is 7.61. The fourth-order valence-corrected chi connectivity index (χ4v) is 1.53. The molecule has 0 aliphatic heterocycles. The van der Waals surface area contributed by atoms with E-state index in [1.54, 1.807) is 24.3 Å². The number of halogens is 2. The molecule has 2 aromatic rings. The third-order valence-corrected chi connectivity index (χ3v) is 2.82. The largest absolute Gasteiger partial charge is 0.481 e. The molecule has 0 atom stereocenters. The first-order chi connectivity index (χ1) is 8.60. The van der Waals surface area contributed by atoms with Crippen LogP contribution in [-0.4, -0.2) is 12.1 Å². The number of hydrogen-bond donors (Lipinski definition) is 1. The highest BCUT2D eigenvalue weighted by Crippen LogP contribution is 2.29. The van der Waals surface area contributed by atoms with Gasteiger partial charge in [-0.05, 0) is 34.1 Å². The third kappa shape index (κ3) is 2.70. The van der Waals surface area contributed by atoms with E-state index in [2.05, 4.69) is 20.9 Å². The van der Waals surface area contributed by atoms with Crippen LogP contribution in [0.15, 0.2) is 34.8 Å². The van der Waals surface area contributed by atoms with Crippen LogP contribution >= 0.6 is 15.9 Å². The van der Waals surface area contributed by atoms with Gasteiger partial charge < -0.3 is 15.2 Å². The van der Waals surface area contributed by atoms with E-state index in [9.17, 15) is 4.39 Å². The number of pyridine rings is 1.